The van der Waals surface area contributed by atoms with E-state index in [0.717, 1.165) is 0 Å². The second kappa shape index (κ2) is 9.20. The lowest BCUT2D eigenvalue weighted by atomic mass is 9.98. The molecular formula is C22H22ClNO5. The molecule has 1 aliphatic heterocycles. The van der Waals surface area contributed by atoms with Crippen LogP contribution in [0.15, 0.2) is 48.5 Å². The molecule has 152 valence electrons. The van der Waals surface area contributed by atoms with Crippen molar-refractivity contribution >= 4 is 29.3 Å². The molecule has 2 aromatic rings. The predicted molar refractivity (Wildman–Crippen MR) is 108 cm³/mol. The zero-order chi connectivity index (χ0) is 21.0. The first kappa shape index (κ1) is 21.0. The van der Waals surface area contributed by atoms with E-state index in [1.165, 1.54) is 6.07 Å². The van der Waals surface area contributed by atoms with Crippen LogP contribution in [0.1, 0.15) is 40.1 Å². The van der Waals surface area contributed by atoms with E-state index < -0.39 is 5.97 Å². The number of carbonyl (C=O) groups is 3. The Labute approximate surface area is 174 Å². The molecule has 0 N–H and O–H groups in total. The van der Waals surface area contributed by atoms with Gasteiger partial charge in [0.05, 0.1) is 17.8 Å². The largest absolute Gasteiger partial charge is 0.452 e. The summed E-state index contributed by atoms with van der Waals surface area (Å²) >= 11 is 5.87. The van der Waals surface area contributed by atoms with Crippen molar-refractivity contribution in [3.05, 3.63) is 70.2 Å². The van der Waals surface area contributed by atoms with Crippen LogP contribution < -0.4 is 0 Å². The average molecular weight is 416 g/mol. The molecule has 0 saturated carbocycles. The number of ether oxygens (including phenoxy) is 2. The summed E-state index contributed by atoms with van der Waals surface area (Å²) in [5.41, 5.74) is 0.729. The quantitative estimate of drug-likeness (QED) is 0.553. The standard InChI is InChI=1S/C22H22ClNO5/c1-14-11-24(12-15(2)29-14)20(25)13-28-22(27)19-6-4-3-5-18(19)21(26)16-7-9-17(23)10-8-16/h3-10,14-15H,11-13H2,1-2H3. The minimum Gasteiger partial charge on any atom is -0.452 e. The molecule has 7 heteroatoms. The molecule has 0 aliphatic carbocycles. The smallest absolute Gasteiger partial charge is 0.339 e. The third-order valence-electron chi connectivity index (χ3n) is 4.60. The number of esters is 1. The minimum absolute atomic E-state index is 0.0730. The van der Waals surface area contributed by atoms with Crippen molar-refractivity contribution in [3.8, 4) is 0 Å². The number of benzene rings is 2. The van der Waals surface area contributed by atoms with Gasteiger partial charge in [0.25, 0.3) is 5.91 Å². The highest BCUT2D eigenvalue weighted by atomic mass is 35.5. The van der Waals surface area contributed by atoms with E-state index in [9.17, 15) is 14.4 Å². The van der Waals surface area contributed by atoms with Crippen LogP contribution >= 0.6 is 11.6 Å². The molecule has 1 aliphatic rings. The Bertz CT molecular complexity index is 902. The van der Waals surface area contributed by atoms with Crippen molar-refractivity contribution < 1.29 is 23.9 Å². The molecule has 2 atom stereocenters. The van der Waals surface area contributed by atoms with Crippen molar-refractivity contribution in [2.75, 3.05) is 19.7 Å². The Hall–Kier alpha value is -2.70. The molecule has 6 nitrogen and oxygen atoms in total. The molecule has 1 fully saturated rings. The lowest BCUT2D eigenvalue weighted by Gasteiger charge is -2.35. The summed E-state index contributed by atoms with van der Waals surface area (Å²) in [6, 6.07) is 12.8. The molecule has 0 radical (unpaired) electrons. The van der Waals surface area contributed by atoms with Gasteiger partial charge in [-0.1, -0.05) is 29.8 Å². The average Bonchev–Trinajstić information content (AvgIpc) is 2.71. The van der Waals surface area contributed by atoms with Crippen LogP contribution in [0.5, 0.6) is 0 Å². The Morgan fingerprint density at radius 2 is 1.59 bits per heavy atom. The van der Waals surface area contributed by atoms with Gasteiger partial charge in [0.15, 0.2) is 12.4 Å². The van der Waals surface area contributed by atoms with E-state index >= 15 is 0 Å². The van der Waals surface area contributed by atoms with Crippen LogP contribution in [0.3, 0.4) is 0 Å². The highest BCUT2D eigenvalue weighted by molar-refractivity contribution is 6.30. The fraction of sp³-hybridized carbons (Fsp3) is 0.318. The SMILES string of the molecule is CC1CN(C(=O)COC(=O)c2ccccc2C(=O)c2ccc(Cl)cc2)CC(C)O1. The van der Waals surface area contributed by atoms with Crippen LogP contribution in [0.2, 0.25) is 5.02 Å². The maximum atomic E-state index is 12.8. The van der Waals surface area contributed by atoms with Crippen molar-refractivity contribution in [1.82, 2.24) is 4.90 Å². The predicted octanol–water partition coefficient (Wildman–Crippen LogP) is 3.36. The number of morpholine rings is 1. The zero-order valence-corrected chi connectivity index (χ0v) is 17.0. The van der Waals surface area contributed by atoms with Gasteiger partial charge in [0, 0.05) is 29.2 Å². The van der Waals surface area contributed by atoms with Gasteiger partial charge >= 0.3 is 5.97 Å². The maximum absolute atomic E-state index is 12.8. The molecule has 0 spiro atoms. The molecule has 2 aromatic carbocycles. The molecule has 1 amide bonds. The van der Waals surface area contributed by atoms with Crippen LogP contribution in [0.25, 0.3) is 0 Å². The second-order valence-corrected chi connectivity index (χ2v) is 7.45. The van der Waals surface area contributed by atoms with Crippen molar-refractivity contribution in [3.63, 3.8) is 0 Å². The summed E-state index contributed by atoms with van der Waals surface area (Å²) in [6.07, 6.45) is -0.146. The molecule has 1 heterocycles. The van der Waals surface area contributed by atoms with Crippen LogP contribution in [-0.2, 0) is 14.3 Å². The molecule has 2 unspecified atom stereocenters. The summed E-state index contributed by atoms with van der Waals surface area (Å²) < 4.78 is 10.8. The summed E-state index contributed by atoms with van der Waals surface area (Å²) in [5.74, 6) is -1.33. The summed E-state index contributed by atoms with van der Waals surface area (Å²) in [6.45, 7) is 4.29. The lowest BCUT2D eigenvalue weighted by molar-refractivity contribution is -0.146. The second-order valence-electron chi connectivity index (χ2n) is 7.01. The van der Waals surface area contributed by atoms with E-state index in [4.69, 9.17) is 21.1 Å². The van der Waals surface area contributed by atoms with Crippen molar-refractivity contribution in [2.24, 2.45) is 0 Å². The highest BCUT2D eigenvalue weighted by Crippen LogP contribution is 2.18. The van der Waals surface area contributed by atoms with Gasteiger partial charge in [0.1, 0.15) is 0 Å². The summed E-state index contributed by atoms with van der Waals surface area (Å²) in [7, 11) is 0. The van der Waals surface area contributed by atoms with Gasteiger partial charge in [-0.25, -0.2) is 4.79 Å². The number of nitrogens with zero attached hydrogens (tertiary/aromatic N) is 1. The van der Waals surface area contributed by atoms with Crippen molar-refractivity contribution in [2.45, 2.75) is 26.1 Å². The molecule has 1 saturated heterocycles. The first-order chi connectivity index (χ1) is 13.8. The topological polar surface area (TPSA) is 72.9 Å². The molecule has 29 heavy (non-hydrogen) atoms. The van der Waals surface area contributed by atoms with Crippen molar-refractivity contribution in [1.29, 1.82) is 0 Å². The molecule has 0 aromatic heterocycles. The highest BCUT2D eigenvalue weighted by Gasteiger charge is 2.27. The Morgan fingerprint density at radius 3 is 2.21 bits per heavy atom. The van der Waals surface area contributed by atoms with Gasteiger partial charge in [0.2, 0.25) is 0 Å². The van der Waals surface area contributed by atoms with E-state index in [0.29, 0.717) is 23.7 Å². The van der Waals surface area contributed by atoms with E-state index in [1.54, 1.807) is 47.4 Å². The lowest BCUT2D eigenvalue weighted by Crippen LogP contribution is -2.49. The number of rotatable bonds is 5. The van der Waals surface area contributed by atoms with E-state index in [2.05, 4.69) is 0 Å². The molecular weight excluding hydrogens is 394 g/mol. The third kappa shape index (κ3) is 5.22. The normalized spacial score (nSPS) is 18.9. The first-order valence-electron chi connectivity index (χ1n) is 9.35. The first-order valence-corrected chi connectivity index (χ1v) is 9.72. The van der Waals surface area contributed by atoms with Crippen LogP contribution in [-0.4, -0.2) is 54.5 Å². The van der Waals surface area contributed by atoms with Crippen LogP contribution in [0, 0.1) is 0 Å². The Kier molecular flexibility index (Phi) is 6.67. The summed E-state index contributed by atoms with van der Waals surface area (Å²) in [5, 5.41) is 0.513. The number of halogens is 1. The minimum atomic E-state index is -0.717. The fourth-order valence-electron chi connectivity index (χ4n) is 3.29. The number of carbonyl (C=O) groups excluding carboxylic acids is 3. The van der Waals surface area contributed by atoms with Gasteiger partial charge < -0.3 is 14.4 Å². The number of amides is 1. The maximum Gasteiger partial charge on any atom is 0.339 e. The number of ketones is 1. The Morgan fingerprint density at radius 1 is 1.00 bits per heavy atom. The van der Waals surface area contributed by atoms with Gasteiger partial charge in [-0.3, -0.25) is 9.59 Å². The van der Waals surface area contributed by atoms with E-state index in [-0.39, 0.29) is 41.6 Å². The van der Waals surface area contributed by atoms with Gasteiger partial charge in [-0.05, 0) is 44.2 Å². The molecule has 0 bridgehead atoms. The van der Waals surface area contributed by atoms with Gasteiger partial charge in [-0.15, -0.1) is 0 Å². The fourth-order valence-corrected chi connectivity index (χ4v) is 3.42. The third-order valence-corrected chi connectivity index (χ3v) is 4.85. The zero-order valence-electron chi connectivity index (χ0n) is 16.3. The van der Waals surface area contributed by atoms with Crippen LogP contribution in [0.4, 0.5) is 0 Å². The molecule has 3 rings (SSSR count). The Balaban J connectivity index is 1.69. The van der Waals surface area contributed by atoms with E-state index in [1.807, 2.05) is 13.8 Å². The number of hydrogen-bond donors (Lipinski definition) is 0. The summed E-state index contributed by atoms with van der Waals surface area (Å²) in [4.78, 5) is 39.4. The van der Waals surface area contributed by atoms with Gasteiger partial charge in [-0.2, -0.15) is 0 Å². The monoisotopic (exact) mass is 415 g/mol. The number of hydrogen-bond acceptors (Lipinski definition) is 5.